The van der Waals surface area contributed by atoms with E-state index in [1.165, 1.54) is 238 Å². The van der Waals surface area contributed by atoms with Gasteiger partial charge in [0, 0.05) is 12.8 Å². The fourth-order valence-corrected chi connectivity index (χ4v) is 11.0. The van der Waals surface area contributed by atoms with Gasteiger partial charge in [-0.3, -0.25) is 18.6 Å². The van der Waals surface area contributed by atoms with E-state index in [4.69, 9.17) is 18.5 Å². The highest BCUT2D eigenvalue weighted by Gasteiger charge is 2.27. The van der Waals surface area contributed by atoms with Crippen LogP contribution in [0.4, 0.5) is 0 Å². The summed E-state index contributed by atoms with van der Waals surface area (Å²) in [7, 11) is 1.47. The summed E-state index contributed by atoms with van der Waals surface area (Å²) in [5.41, 5.74) is 0. The number of hydrogen-bond acceptors (Lipinski definition) is 7. The molecule has 0 aliphatic carbocycles. The number of unbranched alkanes of at least 4 members (excludes halogenated alkanes) is 43. The van der Waals surface area contributed by atoms with Crippen LogP contribution in [0, 0.1) is 0 Å². The molecule has 0 amide bonds. The number of esters is 2. The van der Waals surface area contributed by atoms with Crippen LogP contribution in [-0.4, -0.2) is 74.9 Å². The van der Waals surface area contributed by atoms with Crippen LogP contribution in [0.2, 0.25) is 0 Å². The van der Waals surface area contributed by atoms with Crippen LogP contribution in [0.1, 0.15) is 341 Å². The molecule has 2 atom stereocenters. The van der Waals surface area contributed by atoms with Crippen LogP contribution in [0.15, 0.2) is 48.6 Å². The zero-order valence-electron chi connectivity index (χ0n) is 54.3. The normalized spacial score (nSPS) is 13.4. The number of phosphoric acid groups is 1. The summed E-state index contributed by atoms with van der Waals surface area (Å²) in [5, 5.41) is 0. The first-order valence-corrected chi connectivity index (χ1v) is 36.4. The average Bonchev–Trinajstić information content (AvgIpc) is 3.43. The van der Waals surface area contributed by atoms with E-state index in [9.17, 15) is 19.0 Å². The lowest BCUT2D eigenvalue weighted by Crippen LogP contribution is -2.37. The summed E-state index contributed by atoms with van der Waals surface area (Å²) in [6.07, 6.45) is 81.2. The molecular formula is C71H135NO8P+. The van der Waals surface area contributed by atoms with Crippen molar-refractivity contribution in [1.82, 2.24) is 0 Å². The Labute approximate surface area is 503 Å². The second kappa shape index (κ2) is 62.5. The van der Waals surface area contributed by atoms with Gasteiger partial charge in [0.25, 0.3) is 0 Å². The minimum absolute atomic E-state index is 0.0266. The van der Waals surface area contributed by atoms with Gasteiger partial charge in [0.05, 0.1) is 27.7 Å². The van der Waals surface area contributed by atoms with Crippen LogP contribution in [0.25, 0.3) is 0 Å². The molecule has 1 N–H and O–H groups in total. The van der Waals surface area contributed by atoms with Crippen molar-refractivity contribution in [3.05, 3.63) is 48.6 Å². The van der Waals surface area contributed by atoms with Crippen LogP contribution in [0.3, 0.4) is 0 Å². The Bertz CT molecular complexity index is 1510. The number of likely N-dealkylation sites (N-methyl/N-ethyl adjacent to an activating group) is 1. The number of ether oxygens (including phenoxy) is 2. The van der Waals surface area contributed by atoms with E-state index in [-0.39, 0.29) is 32.0 Å². The van der Waals surface area contributed by atoms with Crippen molar-refractivity contribution in [2.24, 2.45) is 0 Å². The van der Waals surface area contributed by atoms with Gasteiger partial charge in [-0.05, 0) is 51.4 Å². The number of allylic oxidation sites excluding steroid dienone is 8. The van der Waals surface area contributed by atoms with Gasteiger partial charge in [0.2, 0.25) is 0 Å². The number of phosphoric ester groups is 1. The third-order valence-electron chi connectivity index (χ3n) is 15.6. The van der Waals surface area contributed by atoms with Gasteiger partial charge in [-0.1, -0.05) is 326 Å². The van der Waals surface area contributed by atoms with Gasteiger partial charge in [-0.2, -0.15) is 0 Å². The van der Waals surface area contributed by atoms with E-state index in [1.807, 2.05) is 21.1 Å². The number of rotatable bonds is 65. The number of carbonyl (C=O) groups is 2. The molecule has 0 saturated heterocycles. The number of quaternary nitrogens is 1. The molecular weight excluding hydrogens is 1030 g/mol. The lowest BCUT2D eigenvalue weighted by molar-refractivity contribution is -0.870. The highest BCUT2D eigenvalue weighted by Crippen LogP contribution is 2.43. The average molecular weight is 1160 g/mol. The first-order valence-electron chi connectivity index (χ1n) is 34.9. The highest BCUT2D eigenvalue weighted by atomic mass is 31.2. The predicted molar refractivity (Wildman–Crippen MR) is 349 cm³/mol. The Balaban J connectivity index is 3.86. The SMILES string of the molecule is CC/C=C\C/C=C\C/C=C\C/C=C\CCCCCCC(=O)OC(COC(=O)CCCCCCCCCCCCCCCCCCCCCCCCCCCCCCCCCCCCCCCCCC)COP(=O)(O)OCC[N+](C)(C)C. The molecule has 0 radical (unpaired) electrons. The van der Waals surface area contributed by atoms with Crippen LogP contribution in [0.5, 0.6) is 0 Å². The first kappa shape index (κ1) is 79.0. The fourth-order valence-electron chi connectivity index (χ4n) is 10.3. The van der Waals surface area contributed by atoms with E-state index < -0.39 is 26.5 Å². The highest BCUT2D eigenvalue weighted by molar-refractivity contribution is 7.47. The van der Waals surface area contributed by atoms with Gasteiger partial charge in [0.1, 0.15) is 19.8 Å². The minimum Gasteiger partial charge on any atom is -0.462 e. The molecule has 0 aliphatic rings. The standard InChI is InChI=1S/C71H134NO8P/c1-6-8-10-12-14-16-18-20-22-24-25-26-27-28-29-30-31-32-33-34-35-36-37-38-39-40-41-42-43-44-45-46-48-49-51-53-55-57-59-61-63-70(73)77-67-69(68-79-81(75,76)78-66-65-72(3,4)5)80-71(74)64-62-60-58-56-54-52-50-47-23-21-19-17-15-13-11-9-7-2/h9,11,15,17,21,23,50,52,69H,6-8,10,12-14,16,18-20,22,24-49,51,53-68H2,1-5H3/p+1/b11-9-,17-15-,23-21-,52-50-. The largest absolute Gasteiger partial charge is 0.472 e. The number of carbonyl (C=O) groups excluding carboxylic acids is 2. The Morgan fingerprint density at radius 2 is 0.704 bits per heavy atom. The maximum Gasteiger partial charge on any atom is 0.472 e. The summed E-state index contributed by atoms with van der Waals surface area (Å²) >= 11 is 0. The molecule has 0 fully saturated rings. The number of nitrogens with zero attached hydrogens (tertiary/aromatic N) is 1. The predicted octanol–water partition coefficient (Wildman–Crippen LogP) is 22.4. The molecule has 0 heterocycles. The Morgan fingerprint density at radius 1 is 0.395 bits per heavy atom. The third-order valence-corrected chi connectivity index (χ3v) is 16.6. The van der Waals surface area contributed by atoms with Crippen molar-refractivity contribution >= 4 is 19.8 Å². The molecule has 10 heteroatoms. The summed E-state index contributed by atoms with van der Waals surface area (Å²) in [6.45, 7) is 4.33. The first-order chi connectivity index (χ1) is 39.5. The summed E-state index contributed by atoms with van der Waals surface area (Å²) in [4.78, 5) is 35.7. The van der Waals surface area contributed by atoms with Crippen molar-refractivity contribution in [2.75, 3.05) is 47.5 Å². The van der Waals surface area contributed by atoms with E-state index >= 15 is 0 Å². The zero-order chi connectivity index (χ0) is 59.1. The summed E-state index contributed by atoms with van der Waals surface area (Å²) in [5.74, 6) is -0.813. The fraction of sp³-hybridized carbons (Fsp3) is 0.859. The molecule has 0 rings (SSSR count). The van der Waals surface area contributed by atoms with Crippen LogP contribution < -0.4 is 0 Å². The van der Waals surface area contributed by atoms with Crippen molar-refractivity contribution in [3.63, 3.8) is 0 Å². The number of hydrogen-bond donors (Lipinski definition) is 1. The van der Waals surface area contributed by atoms with Crippen molar-refractivity contribution < 1.29 is 42.1 Å². The van der Waals surface area contributed by atoms with Gasteiger partial charge in [0.15, 0.2) is 6.10 Å². The second-order valence-corrected chi connectivity index (χ2v) is 26.4. The molecule has 2 unspecified atom stereocenters. The maximum atomic E-state index is 12.8. The van der Waals surface area contributed by atoms with Gasteiger partial charge < -0.3 is 18.9 Å². The third kappa shape index (κ3) is 67.0. The Hall–Kier alpha value is -2.03. The smallest absolute Gasteiger partial charge is 0.462 e. The lowest BCUT2D eigenvalue weighted by atomic mass is 10.0. The zero-order valence-corrected chi connectivity index (χ0v) is 55.2. The molecule has 476 valence electrons. The summed E-state index contributed by atoms with van der Waals surface area (Å²) in [6, 6.07) is 0. The monoisotopic (exact) mass is 1160 g/mol. The molecule has 0 spiro atoms. The lowest BCUT2D eigenvalue weighted by Gasteiger charge is -2.24. The van der Waals surface area contributed by atoms with E-state index in [0.29, 0.717) is 17.4 Å². The molecule has 81 heavy (non-hydrogen) atoms. The molecule has 0 bridgehead atoms. The molecule has 0 aliphatic heterocycles. The van der Waals surface area contributed by atoms with E-state index in [1.54, 1.807) is 0 Å². The van der Waals surface area contributed by atoms with Crippen molar-refractivity contribution in [2.45, 2.75) is 347 Å². The minimum atomic E-state index is -4.39. The topological polar surface area (TPSA) is 108 Å². The van der Waals surface area contributed by atoms with Crippen molar-refractivity contribution in [3.8, 4) is 0 Å². The molecule has 0 saturated carbocycles. The van der Waals surface area contributed by atoms with Crippen LogP contribution >= 0.6 is 7.82 Å². The second-order valence-electron chi connectivity index (χ2n) is 24.9. The Kier molecular flexibility index (Phi) is 60.9. The quantitative estimate of drug-likeness (QED) is 0.0211. The molecule has 0 aromatic heterocycles. The van der Waals surface area contributed by atoms with Gasteiger partial charge in [-0.15, -0.1) is 0 Å². The molecule has 0 aromatic carbocycles. The van der Waals surface area contributed by atoms with Crippen molar-refractivity contribution in [1.29, 1.82) is 0 Å². The maximum absolute atomic E-state index is 12.8. The molecule has 9 nitrogen and oxygen atoms in total. The van der Waals surface area contributed by atoms with E-state index in [0.717, 1.165) is 70.6 Å². The molecule has 0 aromatic rings. The van der Waals surface area contributed by atoms with Gasteiger partial charge in [-0.25, -0.2) is 4.57 Å². The van der Waals surface area contributed by atoms with E-state index in [2.05, 4.69) is 62.5 Å². The van der Waals surface area contributed by atoms with Crippen LogP contribution in [-0.2, 0) is 32.7 Å². The Morgan fingerprint density at radius 3 is 1.05 bits per heavy atom. The summed E-state index contributed by atoms with van der Waals surface area (Å²) < 4.78 is 34.6. The van der Waals surface area contributed by atoms with Gasteiger partial charge >= 0.3 is 19.8 Å².